The third-order valence-corrected chi connectivity index (χ3v) is 4.40. The fourth-order valence-corrected chi connectivity index (χ4v) is 3.44. The van der Waals surface area contributed by atoms with Gasteiger partial charge in [-0.2, -0.15) is 0 Å². The van der Waals surface area contributed by atoms with Crippen molar-refractivity contribution in [2.75, 3.05) is 37.7 Å². The zero-order valence-electron chi connectivity index (χ0n) is 15.5. The molecular weight excluding hydrogens is 354 g/mol. The molecule has 1 fully saturated rings. The first kappa shape index (κ1) is 20.6. The number of carbonyl (C=O) groups is 2. The van der Waals surface area contributed by atoms with Crippen molar-refractivity contribution in [2.24, 2.45) is 11.8 Å². The molecule has 2 unspecified atom stereocenters. The van der Waals surface area contributed by atoms with Gasteiger partial charge < -0.3 is 20.1 Å². The van der Waals surface area contributed by atoms with Gasteiger partial charge >= 0.3 is 5.97 Å². The van der Waals surface area contributed by atoms with Crippen LogP contribution in [0, 0.1) is 22.0 Å². The number of nitrogens with one attached hydrogen (secondary N) is 1. The maximum absolute atomic E-state index is 12.2. The third kappa shape index (κ3) is 5.92. The Morgan fingerprint density at radius 2 is 2.00 bits per heavy atom. The molecule has 0 radical (unpaired) electrons. The lowest BCUT2D eigenvalue weighted by molar-refractivity contribution is -0.384. The molecule has 2 N–H and O–H groups in total. The van der Waals surface area contributed by atoms with E-state index in [9.17, 15) is 19.7 Å². The van der Waals surface area contributed by atoms with Gasteiger partial charge in [-0.3, -0.25) is 14.9 Å². The van der Waals surface area contributed by atoms with E-state index in [4.69, 9.17) is 9.84 Å². The molecule has 9 heteroatoms. The van der Waals surface area contributed by atoms with Gasteiger partial charge in [0.1, 0.15) is 12.3 Å². The molecule has 2 rings (SSSR count). The molecule has 1 aliphatic heterocycles. The van der Waals surface area contributed by atoms with Gasteiger partial charge in [-0.1, -0.05) is 13.8 Å². The van der Waals surface area contributed by atoms with Crippen LogP contribution in [-0.4, -0.2) is 54.8 Å². The molecule has 1 aromatic carbocycles. The fraction of sp³-hybridized carbons (Fsp3) is 0.556. The van der Waals surface area contributed by atoms with E-state index < -0.39 is 23.4 Å². The van der Waals surface area contributed by atoms with Crippen molar-refractivity contribution >= 4 is 23.3 Å². The second kappa shape index (κ2) is 9.31. The monoisotopic (exact) mass is 379 g/mol. The summed E-state index contributed by atoms with van der Waals surface area (Å²) in [5, 5.41) is 22.6. The zero-order chi connectivity index (χ0) is 20.0. The van der Waals surface area contributed by atoms with E-state index in [0.717, 1.165) is 19.5 Å². The summed E-state index contributed by atoms with van der Waals surface area (Å²) in [6.45, 7) is 5.47. The van der Waals surface area contributed by atoms with Crippen LogP contribution in [0.5, 0.6) is 0 Å². The number of nitrogens with zero attached hydrogens (tertiary/aromatic N) is 2. The van der Waals surface area contributed by atoms with E-state index in [1.165, 1.54) is 6.07 Å². The van der Waals surface area contributed by atoms with Crippen LogP contribution in [0.1, 0.15) is 30.6 Å². The van der Waals surface area contributed by atoms with Crippen molar-refractivity contribution in [2.45, 2.75) is 20.3 Å². The topological polar surface area (TPSA) is 122 Å². The Morgan fingerprint density at radius 1 is 1.33 bits per heavy atom. The summed E-state index contributed by atoms with van der Waals surface area (Å²) in [5.74, 6) is -0.665. The van der Waals surface area contributed by atoms with Gasteiger partial charge in [0.15, 0.2) is 0 Å². The highest BCUT2D eigenvalue weighted by Crippen LogP contribution is 2.33. The van der Waals surface area contributed by atoms with E-state index in [2.05, 4.69) is 19.2 Å². The van der Waals surface area contributed by atoms with Crippen LogP contribution in [0.3, 0.4) is 0 Å². The summed E-state index contributed by atoms with van der Waals surface area (Å²) in [6, 6.07) is 4.48. The second-order valence-electron chi connectivity index (χ2n) is 7.01. The average Bonchev–Trinajstić information content (AvgIpc) is 2.59. The van der Waals surface area contributed by atoms with Crippen molar-refractivity contribution in [3.05, 3.63) is 33.9 Å². The lowest BCUT2D eigenvalue weighted by atomic mass is 9.91. The number of hydrogen-bond acceptors (Lipinski definition) is 6. The Balaban J connectivity index is 2.07. The number of piperidine rings is 1. The molecule has 148 valence electrons. The molecule has 1 saturated heterocycles. The first-order chi connectivity index (χ1) is 12.8. The first-order valence-electron chi connectivity index (χ1n) is 8.89. The number of carbonyl (C=O) groups excluding carboxylic acids is 1. The number of aliphatic carboxylic acids is 1. The smallest absolute Gasteiger partial charge is 0.329 e. The first-order valence-corrected chi connectivity index (χ1v) is 8.89. The van der Waals surface area contributed by atoms with Gasteiger partial charge in [0.05, 0.1) is 11.5 Å². The highest BCUT2D eigenvalue weighted by Gasteiger charge is 2.27. The molecule has 0 bridgehead atoms. The number of amides is 1. The predicted octanol–water partition coefficient (Wildman–Crippen LogP) is 1.91. The van der Waals surface area contributed by atoms with Gasteiger partial charge in [0, 0.05) is 31.3 Å². The fourth-order valence-electron chi connectivity index (χ4n) is 3.44. The van der Waals surface area contributed by atoms with Gasteiger partial charge in [-0.15, -0.1) is 0 Å². The predicted molar refractivity (Wildman–Crippen MR) is 99.0 cm³/mol. The van der Waals surface area contributed by atoms with E-state index in [1.807, 2.05) is 4.90 Å². The minimum absolute atomic E-state index is 0.0434. The molecule has 9 nitrogen and oxygen atoms in total. The number of nitro groups is 1. The van der Waals surface area contributed by atoms with Crippen molar-refractivity contribution in [1.82, 2.24) is 5.32 Å². The maximum Gasteiger partial charge on any atom is 0.329 e. The molecule has 1 amide bonds. The molecule has 2 atom stereocenters. The third-order valence-electron chi connectivity index (χ3n) is 4.40. The summed E-state index contributed by atoms with van der Waals surface area (Å²) >= 11 is 0. The Labute approximate surface area is 157 Å². The largest absolute Gasteiger partial charge is 0.480 e. The molecule has 1 aliphatic rings. The number of rotatable bonds is 8. The SMILES string of the molecule is CC1CC(C)CN(c2ccc(C(=O)NCCOCC(=O)O)cc2[N+](=O)[O-])C1. The van der Waals surface area contributed by atoms with Crippen LogP contribution in [0.25, 0.3) is 0 Å². The lowest BCUT2D eigenvalue weighted by Gasteiger charge is -2.36. The number of anilines is 1. The van der Waals surface area contributed by atoms with Crippen LogP contribution in [0.4, 0.5) is 11.4 Å². The summed E-state index contributed by atoms with van der Waals surface area (Å²) in [7, 11) is 0. The summed E-state index contributed by atoms with van der Waals surface area (Å²) in [5.41, 5.74) is 0.618. The van der Waals surface area contributed by atoms with E-state index in [0.29, 0.717) is 17.5 Å². The van der Waals surface area contributed by atoms with Gasteiger partial charge in [0.25, 0.3) is 11.6 Å². The Kier molecular flexibility index (Phi) is 7.12. The number of benzene rings is 1. The molecule has 27 heavy (non-hydrogen) atoms. The maximum atomic E-state index is 12.2. The van der Waals surface area contributed by atoms with Crippen molar-refractivity contribution < 1.29 is 24.4 Å². The molecule has 1 aromatic rings. The standard InChI is InChI=1S/C18H25N3O6/c1-12-7-13(2)10-20(9-12)15-4-3-14(8-16(15)21(25)26)18(24)19-5-6-27-11-17(22)23/h3-4,8,12-13H,5-7,9-11H2,1-2H3,(H,19,24)(H,22,23). The van der Waals surface area contributed by atoms with E-state index in [-0.39, 0.29) is 24.4 Å². The minimum atomic E-state index is -1.09. The highest BCUT2D eigenvalue weighted by atomic mass is 16.6. The van der Waals surface area contributed by atoms with Crippen LogP contribution >= 0.6 is 0 Å². The van der Waals surface area contributed by atoms with Gasteiger partial charge in [-0.25, -0.2) is 4.79 Å². The van der Waals surface area contributed by atoms with E-state index >= 15 is 0 Å². The number of carboxylic acid groups (broad SMARTS) is 1. The van der Waals surface area contributed by atoms with Crippen molar-refractivity contribution in [1.29, 1.82) is 0 Å². The minimum Gasteiger partial charge on any atom is -0.480 e. The van der Waals surface area contributed by atoms with Crippen LogP contribution in [0.2, 0.25) is 0 Å². The van der Waals surface area contributed by atoms with Crippen LogP contribution in [-0.2, 0) is 9.53 Å². The normalized spacial score (nSPS) is 19.6. The van der Waals surface area contributed by atoms with Crippen LogP contribution < -0.4 is 10.2 Å². The quantitative estimate of drug-likeness (QED) is 0.402. The second-order valence-corrected chi connectivity index (χ2v) is 7.01. The lowest BCUT2D eigenvalue weighted by Crippen LogP contribution is -2.39. The summed E-state index contributed by atoms with van der Waals surface area (Å²) in [4.78, 5) is 35.6. The van der Waals surface area contributed by atoms with Crippen LogP contribution in [0.15, 0.2) is 18.2 Å². The van der Waals surface area contributed by atoms with Gasteiger partial charge in [-0.05, 0) is 30.4 Å². The summed E-state index contributed by atoms with van der Waals surface area (Å²) < 4.78 is 4.83. The van der Waals surface area contributed by atoms with Crippen molar-refractivity contribution in [3.8, 4) is 0 Å². The van der Waals surface area contributed by atoms with Crippen molar-refractivity contribution in [3.63, 3.8) is 0 Å². The molecular formula is C18H25N3O6. The molecule has 0 spiro atoms. The summed E-state index contributed by atoms with van der Waals surface area (Å²) in [6.07, 6.45) is 1.09. The molecule has 0 aromatic heterocycles. The highest BCUT2D eigenvalue weighted by molar-refractivity contribution is 5.95. The van der Waals surface area contributed by atoms with Gasteiger partial charge in [0.2, 0.25) is 0 Å². The number of nitro benzene ring substituents is 1. The molecule has 0 aliphatic carbocycles. The number of carboxylic acids is 1. The number of ether oxygens (including phenoxy) is 1. The Hall–Kier alpha value is -2.68. The molecule has 1 heterocycles. The number of hydrogen-bond donors (Lipinski definition) is 2. The zero-order valence-corrected chi connectivity index (χ0v) is 15.5. The van der Waals surface area contributed by atoms with E-state index in [1.54, 1.807) is 12.1 Å². The average molecular weight is 379 g/mol. The molecule has 0 saturated carbocycles. The Morgan fingerprint density at radius 3 is 2.59 bits per heavy atom. The Bertz CT molecular complexity index is 698.